The lowest BCUT2D eigenvalue weighted by Gasteiger charge is -2.35. The van der Waals surface area contributed by atoms with Crippen LogP contribution in [0.5, 0.6) is 0 Å². The minimum Gasteiger partial charge on any atom is -0.352 e. The Morgan fingerprint density at radius 2 is 1.71 bits per heavy atom. The Labute approximate surface area is 162 Å². The van der Waals surface area contributed by atoms with Crippen LogP contribution in [-0.2, 0) is 4.79 Å². The number of amides is 2. The smallest absolute Gasteiger partial charge is 0.255 e. The van der Waals surface area contributed by atoms with Gasteiger partial charge in [-0.1, -0.05) is 60.7 Å². The number of hydrogen-bond donors (Lipinski definition) is 1. The van der Waals surface area contributed by atoms with Gasteiger partial charge in [0.05, 0.1) is 0 Å². The second-order valence-electron chi connectivity index (χ2n) is 6.66. The lowest BCUT2D eigenvalue weighted by atomic mass is 9.96. The molecule has 4 rings (SSSR count). The van der Waals surface area contributed by atoms with Gasteiger partial charge in [-0.2, -0.15) is 0 Å². The molecule has 0 radical (unpaired) electrons. The molecule has 3 aromatic rings. The first-order valence-electron chi connectivity index (χ1n) is 9.14. The fourth-order valence-corrected chi connectivity index (χ4v) is 3.59. The maximum absolute atomic E-state index is 13.8. The van der Waals surface area contributed by atoms with E-state index in [0.29, 0.717) is 24.2 Å². The first kappa shape index (κ1) is 17.9. The van der Waals surface area contributed by atoms with Crippen LogP contribution in [0.1, 0.15) is 22.0 Å². The standard InChI is InChI=1S/C23H19FN2O2/c24-18-10-6-9-17(15-18)21-22(27)25-13-14-26(21)23(28)20-12-5-4-11-19(20)16-7-2-1-3-8-16/h1-12,15,21H,13-14H2,(H,25,27). The Morgan fingerprint density at radius 1 is 0.964 bits per heavy atom. The summed E-state index contributed by atoms with van der Waals surface area (Å²) >= 11 is 0. The Bertz CT molecular complexity index is 1020. The summed E-state index contributed by atoms with van der Waals surface area (Å²) in [6.45, 7) is 0.721. The van der Waals surface area contributed by atoms with Crippen molar-refractivity contribution in [3.63, 3.8) is 0 Å². The molecule has 1 atom stereocenters. The van der Waals surface area contributed by atoms with Crippen molar-refractivity contribution in [1.29, 1.82) is 0 Å². The van der Waals surface area contributed by atoms with Gasteiger partial charge in [-0.15, -0.1) is 0 Å². The van der Waals surface area contributed by atoms with Crippen molar-refractivity contribution in [2.45, 2.75) is 6.04 Å². The number of rotatable bonds is 3. The lowest BCUT2D eigenvalue weighted by molar-refractivity contribution is -0.128. The molecule has 1 heterocycles. The van der Waals surface area contributed by atoms with E-state index < -0.39 is 11.9 Å². The number of halogens is 1. The van der Waals surface area contributed by atoms with E-state index in [-0.39, 0.29) is 11.8 Å². The van der Waals surface area contributed by atoms with Gasteiger partial charge in [0.15, 0.2) is 0 Å². The van der Waals surface area contributed by atoms with Gasteiger partial charge >= 0.3 is 0 Å². The van der Waals surface area contributed by atoms with E-state index in [2.05, 4.69) is 5.32 Å². The summed E-state index contributed by atoms with van der Waals surface area (Å²) in [5.41, 5.74) is 2.71. The minimum atomic E-state index is -0.860. The highest BCUT2D eigenvalue weighted by atomic mass is 19.1. The number of hydrogen-bond acceptors (Lipinski definition) is 2. The first-order valence-corrected chi connectivity index (χ1v) is 9.14. The molecule has 28 heavy (non-hydrogen) atoms. The minimum absolute atomic E-state index is 0.247. The van der Waals surface area contributed by atoms with Gasteiger partial charge in [-0.3, -0.25) is 9.59 Å². The van der Waals surface area contributed by atoms with E-state index in [1.807, 2.05) is 42.5 Å². The fourth-order valence-electron chi connectivity index (χ4n) is 3.59. The Balaban J connectivity index is 1.76. The second kappa shape index (κ2) is 7.64. The second-order valence-corrected chi connectivity index (χ2v) is 6.66. The van der Waals surface area contributed by atoms with Crippen LogP contribution in [-0.4, -0.2) is 29.8 Å². The predicted molar refractivity (Wildman–Crippen MR) is 105 cm³/mol. The highest BCUT2D eigenvalue weighted by Gasteiger charge is 2.35. The van der Waals surface area contributed by atoms with Gasteiger partial charge in [0.2, 0.25) is 5.91 Å². The highest BCUT2D eigenvalue weighted by molar-refractivity contribution is 6.03. The van der Waals surface area contributed by atoms with E-state index >= 15 is 0 Å². The highest BCUT2D eigenvalue weighted by Crippen LogP contribution is 2.29. The molecule has 1 saturated heterocycles. The normalized spacial score (nSPS) is 16.5. The number of nitrogens with zero attached hydrogens (tertiary/aromatic N) is 1. The third-order valence-corrected chi connectivity index (χ3v) is 4.88. The zero-order valence-electron chi connectivity index (χ0n) is 15.1. The average Bonchev–Trinajstić information content (AvgIpc) is 2.73. The fraction of sp³-hybridized carbons (Fsp3) is 0.130. The number of carbonyl (C=O) groups excluding carboxylic acids is 2. The molecular formula is C23H19FN2O2. The van der Waals surface area contributed by atoms with E-state index in [1.54, 1.807) is 24.3 Å². The van der Waals surface area contributed by atoms with Crippen molar-refractivity contribution < 1.29 is 14.0 Å². The van der Waals surface area contributed by atoms with Crippen molar-refractivity contribution in [2.24, 2.45) is 0 Å². The Hall–Kier alpha value is -3.47. The van der Waals surface area contributed by atoms with Crippen molar-refractivity contribution >= 4 is 11.8 Å². The molecule has 0 aromatic heterocycles. The largest absolute Gasteiger partial charge is 0.352 e. The van der Waals surface area contributed by atoms with Crippen LogP contribution >= 0.6 is 0 Å². The molecule has 1 unspecified atom stereocenters. The van der Waals surface area contributed by atoms with Gasteiger partial charge in [-0.05, 0) is 34.9 Å². The summed E-state index contributed by atoms with van der Waals surface area (Å²) in [5, 5.41) is 2.78. The topological polar surface area (TPSA) is 49.4 Å². The van der Waals surface area contributed by atoms with Gasteiger partial charge in [0, 0.05) is 18.7 Å². The summed E-state index contributed by atoms with van der Waals surface area (Å²) in [5.74, 6) is -0.987. The van der Waals surface area contributed by atoms with Gasteiger partial charge in [-0.25, -0.2) is 4.39 Å². The Kier molecular flexibility index (Phi) is 4.89. The molecule has 5 heteroatoms. The average molecular weight is 374 g/mol. The maximum Gasteiger partial charge on any atom is 0.255 e. The molecule has 0 bridgehead atoms. The number of carbonyl (C=O) groups is 2. The van der Waals surface area contributed by atoms with Crippen LogP contribution in [0.4, 0.5) is 4.39 Å². The van der Waals surface area contributed by atoms with Crippen molar-refractivity contribution in [3.05, 3.63) is 95.8 Å². The molecule has 1 aliphatic rings. The quantitative estimate of drug-likeness (QED) is 0.758. The molecule has 0 spiro atoms. The molecule has 1 fully saturated rings. The third kappa shape index (κ3) is 3.39. The van der Waals surface area contributed by atoms with Gasteiger partial charge < -0.3 is 10.2 Å². The zero-order chi connectivity index (χ0) is 19.5. The van der Waals surface area contributed by atoms with Crippen LogP contribution in [0.15, 0.2) is 78.9 Å². The van der Waals surface area contributed by atoms with Crippen LogP contribution in [0.25, 0.3) is 11.1 Å². The lowest BCUT2D eigenvalue weighted by Crippen LogP contribution is -2.52. The molecule has 2 amide bonds. The molecule has 0 aliphatic carbocycles. The number of piperazine rings is 1. The molecular weight excluding hydrogens is 355 g/mol. The summed E-state index contributed by atoms with van der Waals surface area (Å²) in [6.07, 6.45) is 0. The Morgan fingerprint density at radius 3 is 2.50 bits per heavy atom. The molecule has 140 valence electrons. The number of benzene rings is 3. The molecule has 4 nitrogen and oxygen atoms in total. The van der Waals surface area contributed by atoms with E-state index in [4.69, 9.17) is 0 Å². The third-order valence-electron chi connectivity index (χ3n) is 4.88. The first-order chi connectivity index (χ1) is 13.6. The maximum atomic E-state index is 13.8. The van der Waals surface area contributed by atoms with Gasteiger partial charge in [0.1, 0.15) is 11.9 Å². The van der Waals surface area contributed by atoms with E-state index in [0.717, 1.165) is 11.1 Å². The summed E-state index contributed by atoms with van der Waals surface area (Å²) in [6, 6.07) is 22.0. The van der Waals surface area contributed by atoms with E-state index in [1.165, 1.54) is 17.0 Å². The van der Waals surface area contributed by atoms with Crippen LogP contribution in [0.3, 0.4) is 0 Å². The van der Waals surface area contributed by atoms with Crippen LogP contribution < -0.4 is 5.32 Å². The van der Waals surface area contributed by atoms with Gasteiger partial charge in [0.25, 0.3) is 5.91 Å². The number of nitrogens with one attached hydrogen (secondary N) is 1. The molecule has 3 aromatic carbocycles. The van der Waals surface area contributed by atoms with Crippen molar-refractivity contribution in [3.8, 4) is 11.1 Å². The SMILES string of the molecule is O=C1NCCN(C(=O)c2ccccc2-c2ccccc2)C1c1cccc(F)c1. The molecule has 0 saturated carbocycles. The summed E-state index contributed by atoms with van der Waals surface area (Å²) in [7, 11) is 0. The predicted octanol–water partition coefficient (Wildman–Crippen LogP) is 3.81. The molecule has 1 N–H and O–H groups in total. The van der Waals surface area contributed by atoms with Crippen molar-refractivity contribution in [2.75, 3.05) is 13.1 Å². The summed E-state index contributed by atoms with van der Waals surface area (Å²) < 4.78 is 13.8. The van der Waals surface area contributed by atoms with E-state index in [9.17, 15) is 14.0 Å². The van der Waals surface area contributed by atoms with Crippen LogP contribution in [0.2, 0.25) is 0 Å². The van der Waals surface area contributed by atoms with Crippen LogP contribution in [0, 0.1) is 5.82 Å². The molecule has 1 aliphatic heterocycles. The summed E-state index contributed by atoms with van der Waals surface area (Å²) in [4.78, 5) is 27.6. The monoisotopic (exact) mass is 374 g/mol. The van der Waals surface area contributed by atoms with Crippen molar-refractivity contribution in [1.82, 2.24) is 10.2 Å². The zero-order valence-corrected chi connectivity index (χ0v) is 15.1.